The molecule has 0 bridgehead atoms. The SMILES string of the molecule is O=C(c1ccncc1Cl)N1CCc2nc(CCc3ccccc3)nn2CC1. The van der Waals surface area contributed by atoms with E-state index in [2.05, 4.69) is 27.2 Å². The summed E-state index contributed by atoms with van der Waals surface area (Å²) in [5, 5.41) is 5.02. The monoisotopic (exact) mass is 381 g/mol. The van der Waals surface area contributed by atoms with Gasteiger partial charge in [-0.2, -0.15) is 5.10 Å². The first-order valence-corrected chi connectivity index (χ1v) is 9.44. The predicted molar refractivity (Wildman–Crippen MR) is 103 cm³/mol. The summed E-state index contributed by atoms with van der Waals surface area (Å²) >= 11 is 6.11. The average molecular weight is 382 g/mol. The number of aromatic nitrogens is 4. The molecule has 1 aliphatic heterocycles. The number of rotatable bonds is 4. The van der Waals surface area contributed by atoms with Crippen LogP contribution in [0.2, 0.25) is 5.02 Å². The van der Waals surface area contributed by atoms with Crippen molar-refractivity contribution in [3.8, 4) is 0 Å². The van der Waals surface area contributed by atoms with Crippen molar-refractivity contribution in [3.63, 3.8) is 0 Å². The maximum atomic E-state index is 12.7. The predicted octanol–water partition coefficient (Wildman–Crippen LogP) is 2.81. The first-order valence-electron chi connectivity index (χ1n) is 9.06. The van der Waals surface area contributed by atoms with E-state index in [4.69, 9.17) is 11.6 Å². The molecule has 0 fully saturated rings. The third-order valence-corrected chi connectivity index (χ3v) is 5.05. The molecular formula is C20H20ClN5O. The van der Waals surface area contributed by atoms with Crippen molar-refractivity contribution in [1.29, 1.82) is 0 Å². The summed E-state index contributed by atoms with van der Waals surface area (Å²) in [5.41, 5.74) is 1.77. The number of halogens is 1. The van der Waals surface area contributed by atoms with E-state index in [1.165, 1.54) is 11.8 Å². The second-order valence-electron chi connectivity index (χ2n) is 6.55. The number of hydrogen-bond donors (Lipinski definition) is 0. The van der Waals surface area contributed by atoms with E-state index < -0.39 is 0 Å². The van der Waals surface area contributed by atoms with Gasteiger partial charge in [0.1, 0.15) is 5.82 Å². The highest BCUT2D eigenvalue weighted by molar-refractivity contribution is 6.33. The van der Waals surface area contributed by atoms with E-state index in [0.29, 0.717) is 36.6 Å². The zero-order valence-electron chi connectivity index (χ0n) is 14.9. The lowest BCUT2D eigenvalue weighted by atomic mass is 10.1. The number of hydrogen-bond acceptors (Lipinski definition) is 4. The van der Waals surface area contributed by atoms with E-state index in [1.807, 2.05) is 22.9 Å². The fourth-order valence-corrected chi connectivity index (χ4v) is 3.48. The summed E-state index contributed by atoms with van der Waals surface area (Å²) in [7, 11) is 0. The summed E-state index contributed by atoms with van der Waals surface area (Å²) in [5.74, 6) is 1.73. The molecule has 0 atom stereocenters. The Morgan fingerprint density at radius 1 is 1.07 bits per heavy atom. The summed E-state index contributed by atoms with van der Waals surface area (Å²) in [6.07, 6.45) is 5.52. The van der Waals surface area contributed by atoms with Gasteiger partial charge in [-0.25, -0.2) is 9.67 Å². The van der Waals surface area contributed by atoms with Gasteiger partial charge >= 0.3 is 0 Å². The van der Waals surface area contributed by atoms with Crippen molar-refractivity contribution in [2.45, 2.75) is 25.8 Å². The third kappa shape index (κ3) is 4.01. The van der Waals surface area contributed by atoms with Crippen LogP contribution >= 0.6 is 11.6 Å². The van der Waals surface area contributed by atoms with E-state index >= 15 is 0 Å². The van der Waals surface area contributed by atoms with Crippen LogP contribution in [0, 0.1) is 0 Å². The minimum Gasteiger partial charge on any atom is -0.336 e. The molecule has 1 aromatic carbocycles. The zero-order chi connectivity index (χ0) is 18.6. The molecule has 0 aliphatic carbocycles. The lowest BCUT2D eigenvalue weighted by Crippen LogP contribution is -2.34. The molecule has 6 nitrogen and oxygen atoms in total. The highest BCUT2D eigenvalue weighted by atomic mass is 35.5. The van der Waals surface area contributed by atoms with Gasteiger partial charge < -0.3 is 4.90 Å². The molecule has 27 heavy (non-hydrogen) atoms. The van der Waals surface area contributed by atoms with Crippen LogP contribution in [0.5, 0.6) is 0 Å². The van der Waals surface area contributed by atoms with Crippen LogP contribution < -0.4 is 0 Å². The number of carbonyl (C=O) groups excluding carboxylic acids is 1. The molecule has 0 spiro atoms. The van der Waals surface area contributed by atoms with Crippen molar-refractivity contribution >= 4 is 17.5 Å². The highest BCUT2D eigenvalue weighted by Gasteiger charge is 2.23. The van der Waals surface area contributed by atoms with Crippen molar-refractivity contribution in [2.24, 2.45) is 0 Å². The number of amides is 1. The molecule has 138 valence electrons. The molecule has 7 heteroatoms. The number of carbonyl (C=O) groups is 1. The average Bonchev–Trinajstić information content (AvgIpc) is 2.99. The Morgan fingerprint density at radius 2 is 1.93 bits per heavy atom. The van der Waals surface area contributed by atoms with Gasteiger partial charge in [-0.15, -0.1) is 0 Å². The first-order chi connectivity index (χ1) is 13.2. The third-order valence-electron chi connectivity index (χ3n) is 4.75. The highest BCUT2D eigenvalue weighted by Crippen LogP contribution is 2.17. The van der Waals surface area contributed by atoms with Gasteiger partial charge in [-0.05, 0) is 18.1 Å². The molecule has 0 saturated heterocycles. The van der Waals surface area contributed by atoms with Gasteiger partial charge in [0.15, 0.2) is 5.82 Å². The molecule has 0 radical (unpaired) electrons. The minimum atomic E-state index is -0.0718. The van der Waals surface area contributed by atoms with Crippen LogP contribution in [0.4, 0.5) is 0 Å². The fourth-order valence-electron chi connectivity index (χ4n) is 3.28. The maximum absolute atomic E-state index is 12.7. The molecule has 0 N–H and O–H groups in total. The smallest absolute Gasteiger partial charge is 0.255 e. The van der Waals surface area contributed by atoms with Crippen molar-refractivity contribution in [2.75, 3.05) is 13.1 Å². The van der Waals surface area contributed by atoms with Crippen LogP contribution in [0.25, 0.3) is 0 Å². The summed E-state index contributed by atoms with van der Waals surface area (Å²) < 4.78 is 1.93. The molecule has 1 aliphatic rings. The number of fused-ring (bicyclic) bond motifs is 1. The number of nitrogens with zero attached hydrogens (tertiary/aromatic N) is 5. The van der Waals surface area contributed by atoms with Crippen molar-refractivity contribution in [3.05, 3.63) is 76.6 Å². The maximum Gasteiger partial charge on any atom is 0.255 e. The lowest BCUT2D eigenvalue weighted by Gasteiger charge is -2.20. The second kappa shape index (κ2) is 7.88. The van der Waals surface area contributed by atoms with Crippen LogP contribution in [0.15, 0.2) is 48.8 Å². The van der Waals surface area contributed by atoms with E-state index in [0.717, 1.165) is 24.5 Å². The van der Waals surface area contributed by atoms with Crippen LogP contribution in [0.3, 0.4) is 0 Å². The van der Waals surface area contributed by atoms with E-state index in [-0.39, 0.29) is 5.91 Å². The molecule has 1 amide bonds. The Kier molecular flexibility index (Phi) is 5.16. The van der Waals surface area contributed by atoms with E-state index in [9.17, 15) is 4.79 Å². The Balaban J connectivity index is 1.40. The zero-order valence-corrected chi connectivity index (χ0v) is 15.6. The molecule has 2 aromatic heterocycles. The van der Waals surface area contributed by atoms with Crippen molar-refractivity contribution < 1.29 is 4.79 Å². The second-order valence-corrected chi connectivity index (χ2v) is 6.96. The normalized spacial score (nSPS) is 13.9. The topological polar surface area (TPSA) is 63.9 Å². The largest absolute Gasteiger partial charge is 0.336 e. The molecule has 3 aromatic rings. The quantitative estimate of drug-likeness (QED) is 0.697. The van der Waals surface area contributed by atoms with Gasteiger partial charge in [0, 0.05) is 38.3 Å². The molecule has 0 saturated carbocycles. The van der Waals surface area contributed by atoms with Gasteiger partial charge in [-0.3, -0.25) is 9.78 Å². The van der Waals surface area contributed by atoms with Gasteiger partial charge in [0.25, 0.3) is 5.91 Å². The van der Waals surface area contributed by atoms with E-state index in [1.54, 1.807) is 17.2 Å². The Morgan fingerprint density at radius 3 is 2.74 bits per heavy atom. The molecule has 0 unspecified atom stereocenters. The molecule has 4 rings (SSSR count). The number of aryl methyl sites for hydroxylation is 2. The van der Waals surface area contributed by atoms with Crippen LogP contribution in [-0.2, 0) is 25.8 Å². The standard InChI is InChI=1S/C20H20ClN5O/c21-17-14-22-10-8-16(17)20(27)25-11-9-19-23-18(24-26(19)13-12-25)7-6-15-4-2-1-3-5-15/h1-5,8,10,14H,6-7,9,11-13H2. The Labute approximate surface area is 162 Å². The van der Waals surface area contributed by atoms with Crippen molar-refractivity contribution in [1.82, 2.24) is 24.6 Å². The number of pyridine rings is 1. The minimum absolute atomic E-state index is 0.0718. The first kappa shape index (κ1) is 17.7. The summed E-state index contributed by atoms with van der Waals surface area (Å²) in [6, 6.07) is 12.0. The van der Waals surface area contributed by atoms with Crippen LogP contribution in [0.1, 0.15) is 27.6 Å². The number of benzene rings is 1. The lowest BCUT2D eigenvalue weighted by molar-refractivity contribution is 0.0758. The molecule has 3 heterocycles. The summed E-state index contributed by atoms with van der Waals surface area (Å²) in [6.45, 7) is 1.84. The summed E-state index contributed by atoms with van der Waals surface area (Å²) in [4.78, 5) is 23.2. The molecular weight excluding hydrogens is 362 g/mol. The van der Waals surface area contributed by atoms with Crippen LogP contribution in [-0.4, -0.2) is 43.6 Å². The van der Waals surface area contributed by atoms with Gasteiger partial charge in [-0.1, -0.05) is 41.9 Å². The van der Waals surface area contributed by atoms with Gasteiger partial charge in [0.2, 0.25) is 0 Å². The Hall–Kier alpha value is -2.73. The fraction of sp³-hybridized carbons (Fsp3) is 0.300. The Bertz CT molecular complexity index is 915. The van der Waals surface area contributed by atoms with Gasteiger partial charge in [0.05, 0.1) is 17.1 Å².